The molecule has 3 atom stereocenters. The molecule has 0 radical (unpaired) electrons. The minimum absolute atomic E-state index is 0.0324. The van der Waals surface area contributed by atoms with Gasteiger partial charge in [0.15, 0.2) is 0 Å². The van der Waals surface area contributed by atoms with Gasteiger partial charge >= 0.3 is 0 Å². The van der Waals surface area contributed by atoms with Crippen molar-refractivity contribution in [2.45, 2.75) is 45.3 Å². The minimum atomic E-state index is -0.254. The predicted molar refractivity (Wildman–Crippen MR) is 46.2 cm³/mol. The van der Waals surface area contributed by atoms with E-state index in [1.807, 2.05) is 0 Å². The van der Waals surface area contributed by atoms with E-state index in [1.165, 1.54) is 6.42 Å². The SMILES string of the molecule is CC(C)[C@@H]1CC[C@H](N)[C@H](O)C1. The highest BCUT2D eigenvalue weighted by Gasteiger charge is 2.27. The van der Waals surface area contributed by atoms with Gasteiger partial charge in [0.2, 0.25) is 0 Å². The van der Waals surface area contributed by atoms with E-state index in [-0.39, 0.29) is 12.1 Å². The molecule has 2 nitrogen and oxygen atoms in total. The van der Waals surface area contributed by atoms with Crippen LogP contribution in [-0.2, 0) is 0 Å². The highest BCUT2D eigenvalue weighted by Crippen LogP contribution is 2.29. The van der Waals surface area contributed by atoms with Gasteiger partial charge in [0.25, 0.3) is 0 Å². The molecule has 1 aliphatic carbocycles. The smallest absolute Gasteiger partial charge is 0.0693 e. The molecular weight excluding hydrogens is 138 g/mol. The van der Waals surface area contributed by atoms with E-state index in [4.69, 9.17) is 5.73 Å². The van der Waals surface area contributed by atoms with Crippen LogP contribution in [0, 0.1) is 11.8 Å². The van der Waals surface area contributed by atoms with Crippen LogP contribution in [0.1, 0.15) is 33.1 Å². The van der Waals surface area contributed by atoms with E-state index in [2.05, 4.69) is 13.8 Å². The van der Waals surface area contributed by atoms with Gasteiger partial charge in [-0.05, 0) is 31.1 Å². The molecule has 0 aromatic rings. The average Bonchev–Trinajstić information content (AvgIpc) is 1.94. The summed E-state index contributed by atoms with van der Waals surface area (Å²) in [5, 5.41) is 9.47. The zero-order chi connectivity index (χ0) is 8.43. The number of nitrogens with two attached hydrogens (primary N) is 1. The molecule has 1 rings (SSSR count). The lowest BCUT2D eigenvalue weighted by Crippen LogP contribution is -2.41. The Morgan fingerprint density at radius 2 is 2.00 bits per heavy atom. The molecule has 0 unspecified atom stereocenters. The Kier molecular flexibility index (Phi) is 2.90. The molecule has 11 heavy (non-hydrogen) atoms. The second-order valence-corrected chi connectivity index (χ2v) is 4.05. The molecule has 0 saturated heterocycles. The Labute approximate surface area is 68.8 Å². The molecule has 0 amide bonds. The summed E-state index contributed by atoms with van der Waals surface area (Å²) in [7, 11) is 0. The summed E-state index contributed by atoms with van der Waals surface area (Å²) in [6.07, 6.45) is 2.83. The zero-order valence-electron chi connectivity index (χ0n) is 7.46. The van der Waals surface area contributed by atoms with Gasteiger partial charge < -0.3 is 10.8 Å². The van der Waals surface area contributed by atoms with Gasteiger partial charge in [-0.15, -0.1) is 0 Å². The third-order valence-electron chi connectivity index (χ3n) is 2.85. The van der Waals surface area contributed by atoms with Gasteiger partial charge in [-0.25, -0.2) is 0 Å². The van der Waals surface area contributed by atoms with Crippen LogP contribution >= 0.6 is 0 Å². The summed E-state index contributed by atoms with van der Waals surface area (Å²) in [5.41, 5.74) is 5.69. The van der Waals surface area contributed by atoms with Crippen molar-refractivity contribution in [3.63, 3.8) is 0 Å². The summed E-state index contributed by atoms with van der Waals surface area (Å²) < 4.78 is 0. The largest absolute Gasteiger partial charge is 0.392 e. The van der Waals surface area contributed by atoms with E-state index < -0.39 is 0 Å². The van der Waals surface area contributed by atoms with Gasteiger partial charge in [0.05, 0.1) is 6.10 Å². The number of hydrogen-bond donors (Lipinski definition) is 2. The molecule has 0 aromatic carbocycles. The summed E-state index contributed by atoms with van der Waals surface area (Å²) in [4.78, 5) is 0. The van der Waals surface area contributed by atoms with Crippen molar-refractivity contribution in [3.8, 4) is 0 Å². The third kappa shape index (κ3) is 2.17. The van der Waals surface area contributed by atoms with Crippen LogP contribution < -0.4 is 5.73 Å². The van der Waals surface area contributed by atoms with Gasteiger partial charge in [0.1, 0.15) is 0 Å². The third-order valence-corrected chi connectivity index (χ3v) is 2.85. The molecule has 0 aromatic heterocycles. The molecule has 1 aliphatic rings. The van der Waals surface area contributed by atoms with Crippen LogP contribution in [0.2, 0.25) is 0 Å². The van der Waals surface area contributed by atoms with Gasteiger partial charge in [0, 0.05) is 6.04 Å². The van der Waals surface area contributed by atoms with Crippen LogP contribution in [-0.4, -0.2) is 17.3 Å². The summed E-state index contributed by atoms with van der Waals surface area (Å²) in [6, 6.07) is 0.0324. The standard InChI is InChI=1S/C9H19NO/c1-6(2)7-3-4-8(10)9(11)5-7/h6-9,11H,3-5,10H2,1-2H3/t7-,8+,9-/m1/s1. The van der Waals surface area contributed by atoms with Gasteiger partial charge in [-0.1, -0.05) is 13.8 Å². The van der Waals surface area contributed by atoms with E-state index in [0.29, 0.717) is 11.8 Å². The lowest BCUT2D eigenvalue weighted by Gasteiger charge is -2.32. The number of rotatable bonds is 1. The van der Waals surface area contributed by atoms with Crippen molar-refractivity contribution in [2.24, 2.45) is 17.6 Å². The summed E-state index contributed by atoms with van der Waals surface area (Å²) in [5.74, 6) is 1.38. The number of aliphatic hydroxyl groups excluding tert-OH is 1. The predicted octanol–water partition coefficient (Wildman–Crippen LogP) is 1.13. The summed E-state index contributed by atoms with van der Waals surface area (Å²) in [6.45, 7) is 4.43. The molecular formula is C9H19NO. The Morgan fingerprint density at radius 3 is 2.45 bits per heavy atom. The molecule has 0 bridgehead atoms. The Hall–Kier alpha value is -0.0800. The first-order valence-corrected chi connectivity index (χ1v) is 4.55. The van der Waals surface area contributed by atoms with E-state index in [1.54, 1.807) is 0 Å². The van der Waals surface area contributed by atoms with Crippen molar-refractivity contribution in [3.05, 3.63) is 0 Å². The fourth-order valence-electron chi connectivity index (χ4n) is 1.81. The van der Waals surface area contributed by atoms with Crippen LogP contribution in [0.25, 0.3) is 0 Å². The van der Waals surface area contributed by atoms with Crippen LogP contribution in [0.15, 0.2) is 0 Å². The van der Waals surface area contributed by atoms with E-state index in [9.17, 15) is 5.11 Å². The second kappa shape index (κ2) is 3.55. The van der Waals surface area contributed by atoms with E-state index >= 15 is 0 Å². The molecule has 2 heteroatoms. The maximum Gasteiger partial charge on any atom is 0.0693 e. The van der Waals surface area contributed by atoms with Crippen molar-refractivity contribution >= 4 is 0 Å². The van der Waals surface area contributed by atoms with Crippen LogP contribution in [0.4, 0.5) is 0 Å². The molecule has 0 heterocycles. The van der Waals surface area contributed by atoms with Gasteiger partial charge in [-0.2, -0.15) is 0 Å². The maximum absolute atomic E-state index is 9.47. The van der Waals surface area contributed by atoms with E-state index in [0.717, 1.165) is 12.8 Å². The van der Waals surface area contributed by atoms with Crippen molar-refractivity contribution in [1.82, 2.24) is 0 Å². The Balaban J connectivity index is 2.40. The fourth-order valence-corrected chi connectivity index (χ4v) is 1.81. The van der Waals surface area contributed by atoms with Crippen molar-refractivity contribution < 1.29 is 5.11 Å². The minimum Gasteiger partial charge on any atom is -0.392 e. The first-order chi connectivity index (χ1) is 5.11. The summed E-state index contributed by atoms with van der Waals surface area (Å²) >= 11 is 0. The maximum atomic E-state index is 9.47. The fraction of sp³-hybridized carbons (Fsp3) is 1.00. The van der Waals surface area contributed by atoms with Crippen LogP contribution in [0.5, 0.6) is 0 Å². The lowest BCUT2D eigenvalue weighted by molar-refractivity contribution is 0.0671. The topological polar surface area (TPSA) is 46.2 Å². The molecule has 1 saturated carbocycles. The zero-order valence-corrected chi connectivity index (χ0v) is 7.46. The highest BCUT2D eigenvalue weighted by atomic mass is 16.3. The molecule has 0 aliphatic heterocycles. The van der Waals surface area contributed by atoms with Gasteiger partial charge in [-0.3, -0.25) is 0 Å². The normalized spacial score (nSPS) is 39.5. The number of aliphatic hydroxyl groups is 1. The Morgan fingerprint density at radius 1 is 1.36 bits per heavy atom. The molecule has 3 N–H and O–H groups in total. The first-order valence-electron chi connectivity index (χ1n) is 4.55. The highest BCUT2D eigenvalue weighted by molar-refractivity contribution is 4.82. The molecule has 1 fully saturated rings. The number of hydrogen-bond acceptors (Lipinski definition) is 2. The molecule has 66 valence electrons. The Bertz CT molecular complexity index is 125. The second-order valence-electron chi connectivity index (χ2n) is 4.05. The lowest BCUT2D eigenvalue weighted by atomic mass is 9.78. The quantitative estimate of drug-likeness (QED) is 0.599. The van der Waals surface area contributed by atoms with Crippen molar-refractivity contribution in [2.75, 3.05) is 0 Å². The monoisotopic (exact) mass is 157 g/mol. The van der Waals surface area contributed by atoms with Crippen molar-refractivity contribution in [1.29, 1.82) is 0 Å². The van der Waals surface area contributed by atoms with Crippen LogP contribution in [0.3, 0.4) is 0 Å². The molecule has 0 spiro atoms. The first kappa shape index (κ1) is 9.01. The average molecular weight is 157 g/mol.